The molecule has 0 bridgehead atoms. The molecule has 0 atom stereocenters. The summed E-state index contributed by atoms with van der Waals surface area (Å²) >= 11 is 0. The summed E-state index contributed by atoms with van der Waals surface area (Å²) < 4.78 is 5.46. The summed E-state index contributed by atoms with van der Waals surface area (Å²) in [5.74, 6) is -0.287. The second-order valence-electron chi connectivity index (χ2n) is 4.78. The van der Waals surface area contributed by atoms with Gasteiger partial charge in [0.2, 0.25) is 0 Å². The number of benzene rings is 2. The van der Waals surface area contributed by atoms with Crippen molar-refractivity contribution in [2.45, 2.75) is 6.42 Å². The van der Waals surface area contributed by atoms with Crippen molar-refractivity contribution in [3.63, 3.8) is 0 Å². The van der Waals surface area contributed by atoms with Crippen LogP contribution in [0.2, 0.25) is 0 Å². The molecule has 0 aliphatic heterocycles. The van der Waals surface area contributed by atoms with Crippen molar-refractivity contribution in [1.82, 2.24) is 5.32 Å². The first-order chi connectivity index (χ1) is 10.3. The first kappa shape index (κ1) is 13.2. The van der Waals surface area contributed by atoms with Crippen LogP contribution >= 0.6 is 0 Å². The van der Waals surface area contributed by atoms with E-state index in [-0.39, 0.29) is 17.2 Å². The largest absolute Gasteiger partial charge is 0.507 e. The molecule has 3 rings (SSSR count). The third kappa shape index (κ3) is 2.74. The molecule has 21 heavy (non-hydrogen) atoms. The average molecular weight is 281 g/mol. The minimum absolute atomic E-state index is 0.0104. The predicted molar refractivity (Wildman–Crippen MR) is 80.4 cm³/mol. The van der Waals surface area contributed by atoms with E-state index < -0.39 is 0 Å². The smallest absolute Gasteiger partial charge is 0.255 e. The molecule has 0 unspecified atom stereocenters. The van der Waals surface area contributed by atoms with Crippen molar-refractivity contribution in [2.75, 3.05) is 6.54 Å². The molecule has 0 fully saturated rings. The van der Waals surface area contributed by atoms with Gasteiger partial charge in [0.15, 0.2) is 0 Å². The maximum absolute atomic E-state index is 12.0. The molecule has 1 heterocycles. The predicted octanol–water partition coefficient (Wildman–Crippen LogP) is 3.11. The van der Waals surface area contributed by atoms with Crippen LogP contribution in [-0.4, -0.2) is 17.6 Å². The SMILES string of the molecule is O=C(NCCc1coc2ccccc12)c1ccccc1O. The number of furan rings is 1. The third-order valence-electron chi connectivity index (χ3n) is 3.39. The lowest BCUT2D eigenvalue weighted by Gasteiger charge is -2.06. The Balaban J connectivity index is 1.64. The topological polar surface area (TPSA) is 62.5 Å². The monoisotopic (exact) mass is 281 g/mol. The summed E-state index contributed by atoms with van der Waals surface area (Å²) in [6.45, 7) is 0.483. The van der Waals surface area contributed by atoms with Crippen LogP contribution in [0.5, 0.6) is 5.75 Å². The van der Waals surface area contributed by atoms with Crippen LogP contribution in [0.3, 0.4) is 0 Å². The Morgan fingerprint density at radius 1 is 1.10 bits per heavy atom. The standard InChI is InChI=1S/C17H15NO3/c19-15-7-3-1-6-14(15)17(20)18-10-9-12-11-21-16-8-4-2-5-13(12)16/h1-8,11,19H,9-10H2,(H,18,20). The van der Waals surface area contributed by atoms with Gasteiger partial charge in [-0.15, -0.1) is 0 Å². The normalized spacial score (nSPS) is 10.7. The number of amides is 1. The van der Waals surface area contributed by atoms with Crippen molar-refractivity contribution in [1.29, 1.82) is 0 Å². The Hall–Kier alpha value is -2.75. The van der Waals surface area contributed by atoms with E-state index in [0.717, 1.165) is 16.5 Å². The molecule has 2 N–H and O–H groups in total. The fourth-order valence-corrected chi connectivity index (χ4v) is 2.30. The van der Waals surface area contributed by atoms with Crippen molar-refractivity contribution < 1.29 is 14.3 Å². The quantitative estimate of drug-likeness (QED) is 0.772. The number of fused-ring (bicyclic) bond motifs is 1. The van der Waals surface area contributed by atoms with Crippen molar-refractivity contribution in [2.24, 2.45) is 0 Å². The molecular formula is C17H15NO3. The number of hydrogen-bond donors (Lipinski definition) is 2. The molecule has 2 aromatic carbocycles. The minimum atomic E-state index is -0.277. The number of nitrogens with one attached hydrogen (secondary N) is 1. The van der Waals surface area contributed by atoms with E-state index >= 15 is 0 Å². The Labute approximate surface area is 122 Å². The zero-order valence-corrected chi connectivity index (χ0v) is 11.4. The van der Waals surface area contributed by atoms with Gasteiger partial charge in [0.05, 0.1) is 11.8 Å². The summed E-state index contributed by atoms with van der Waals surface area (Å²) in [6.07, 6.45) is 2.40. The van der Waals surface area contributed by atoms with E-state index in [1.54, 1.807) is 24.5 Å². The van der Waals surface area contributed by atoms with E-state index in [1.165, 1.54) is 6.07 Å². The molecule has 0 radical (unpaired) electrons. The molecule has 1 amide bonds. The first-order valence-corrected chi connectivity index (χ1v) is 6.77. The number of aromatic hydroxyl groups is 1. The molecular weight excluding hydrogens is 266 g/mol. The molecule has 0 saturated carbocycles. The molecule has 0 aliphatic carbocycles. The number of phenols is 1. The molecule has 0 spiro atoms. The zero-order chi connectivity index (χ0) is 14.7. The lowest BCUT2D eigenvalue weighted by Crippen LogP contribution is -2.25. The number of hydrogen-bond acceptors (Lipinski definition) is 3. The number of rotatable bonds is 4. The highest BCUT2D eigenvalue weighted by Gasteiger charge is 2.10. The van der Waals surface area contributed by atoms with E-state index in [4.69, 9.17) is 4.42 Å². The second-order valence-corrected chi connectivity index (χ2v) is 4.78. The van der Waals surface area contributed by atoms with Crippen LogP contribution in [0.1, 0.15) is 15.9 Å². The molecule has 0 saturated heterocycles. The second kappa shape index (κ2) is 5.71. The van der Waals surface area contributed by atoms with Gasteiger partial charge in [0.1, 0.15) is 11.3 Å². The van der Waals surface area contributed by atoms with Gasteiger partial charge in [-0.2, -0.15) is 0 Å². The molecule has 0 aliphatic rings. The van der Waals surface area contributed by atoms with Crippen LogP contribution in [-0.2, 0) is 6.42 Å². The number of phenolic OH excluding ortho intramolecular Hbond substituents is 1. The maximum Gasteiger partial charge on any atom is 0.255 e. The van der Waals surface area contributed by atoms with Crippen molar-refractivity contribution >= 4 is 16.9 Å². The fourth-order valence-electron chi connectivity index (χ4n) is 2.30. The number of para-hydroxylation sites is 2. The van der Waals surface area contributed by atoms with Gasteiger partial charge in [-0.25, -0.2) is 0 Å². The van der Waals surface area contributed by atoms with E-state index in [9.17, 15) is 9.90 Å². The first-order valence-electron chi connectivity index (χ1n) is 6.77. The average Bonchev–Trinajstić information content (AvgIpc) is 2.91. The van der Waals surface area contributed by atoms with Gasteiger partial charge in [-0.05, 0) is 30.2 Å². The fraction of sp³-hybridized carbons (Fsp3) is 0.118. The Morgan fingerprint density at radius 3 is 2.71 bits per heavy atom. The highest BCUT2D eigenvalue weighted by atomic mass is 16.3. The number of carbonyl (C=O) groups excluding carboxylic acids is 1. The lowest BCUT2D eigenvalue weighted by atomic mass is 10.1. The summed E-state index contributed by atoms with van der Waals surface area (Å²) in [5.41, 5.74) is 2.19. The summed E-state index contributed by atoms with van der Waals surface area (Å²) in [6, 6.07) is 14.3. The Bertz CT molecular complexity index is 776. The minimum Gasteiger partial charge on any atom is -0.507 e. The van der Waals surface area contributed by atoms with E-state index in [1.807, 2.05) is 24.3 Å². The van der Waals surface area contributed by atoms with E-state index in [2.05, 4.69) is 5.32 Å². The van der Waals surface area contributed by atoms with Gasteiger partial charge in [-0.1, -0.05) is 30.3 Å². The van der Waals surface area contributed by atoms with Crippen molar-refractivity contribution in [3.05, 3.63) is 65.9 Å². The van der Waals surface area contributed by atoms with Crippen LogP contribution in [0.15, 0.2) is 59.2 Å². The molecule has 3 aromatic rings. The van der Waals surface area contributed by atoms with Crippen LogP contribution < -0.4 is 5.32 Å². The molecule has 1 aromatic heterocycles. The van der Waals surface area contributed by atoms with E-state index in [0.29, 0.717) is 13.0 Å². The van der Waals surface area contributed by atoms with Crippen LogP contribution in [0, 0.1) is 0 Å². The summed E-state index contributed by atoms with van der Waals surface area (Å²) in [4.78, 5) is 12.0. The Morgan fingerprint density at radius 2 is 1.86 bits per heavy atom. The van der Waals surface area contributed by atoms with Gasteiger partial charge in [0, 0.05) is 11.9 Å². The third-order valence-corrected chi connectivity index (χ3v) is 3.39. The zero-order valence-electron chi connectivity index (χ0n) is 11.4. The van der Waals surface area contributed by atoms with Gasteiger partial charge < -0.3 is 14.8 Å². The van der Waals surface area contributed by atoms with Gasteiger partial charge >= 0.3 is 0 Å². The van der Waals surface area contributed by atoms with Gasteiger partial charge in [-0.3, -0.25) is 4.79 Å². The number of carbonyl (C=O) groups is 1. The van der Waals surface area contributed by atoms with Gasteiger partial charge in [0.25, 0.3) is 5.91 Å². The summed E-state index contributed by atoms with van der Waals surface area (Å²) in [7, 11) is 0. The maximum atomic E-state index is 12.0. The highest BCUT2D eigenvalue weighted by Crippen LogP contribution is 2.21. The van der Waals surface area contributed by atoms with Crippen LogP contribution in [0.25, 0.3) is 11.0 Å². The highest BCUT2D eigenvalue weighted by molar-refractivity contribution is 5.96. The Kier molecular flexibility index (Phi) is 3.60. The molecule has 4 heteroatoms. The molecule has 106 valence electrons. The summed E-state index contributed by atoms with van der Waals surface area (Å²) in [5, 5.41) is 13.5. The van der Waals surface area contributed by atoms with Crippen LogP contribution in [0.4, 0.5) is 0 Å². The lowest BCUT2D eigenvalue weighted by molar-refractivity contribution is 0.0951. The van der Waals surface area contributed by atoms with Crippen molar-refractivity contribution in [3.8, 4) is 5.75 Å². The molecule has 4 nitrogen and oxygen atoms in total.